The molecule has 0 unspecified atom stereocenters. The number of hydrogen-bond acceptors (Lipinski definition) is 3. The lowest BCUT2D eigenvalue weighted by Crippen LogP contribution is -2.35. The van der Waals surface area contributed by atoms with Gasteiger partial charge in [0.1, 0.15) is 5.75 Å². The SMILES string of the molecule is CNCC(=O)N[C@H](c1cccc(OC)c1)c1ccccc1Cl. The second kappa shape index (κ2) is 7.82. The molecule has 2 aromatic rings. The van der Waals surface area contributed by atoms with Gasteiger partial charge in [-0.1, -0.05) is 41.9 Å². The molecule has 0 saturated heterocycles. The zero-order valence-electron chi connectivity index (χ0n) is 12.6. The first-order valence-corrected chi connectivity index (χ1v) is 7.36. The lowest BCUT2D eigenvalue weighted by molar-refractivity contribution is -0.120. The monoisotopic (exact) mass is 318 g/mol. The van der Waals surface area contributed by atoms with E-state index in [1.807, 2.05) is 48.5 Å². The Bertz CT molecular complexity index is 646. The number of carbonyl (C=O) groups is 1. The van der Waals surface area contributed by atoms with Gasteiger partial charge >= 0.3 is 0 Å². The minimum Gasteiger partial charge on any atom is -0.497 e. The van der Waals surface area contributed by atoms with Crippen molar-refractivity contribution < 1.29 is 9.53 Å². The van der Waals surface area contributed by atoms with Crippen LogP contribution in [0, 0.1) is 0 Å². The summed E-state index contributed by atoms with van der Waals surface area (Å²) in [5, 5.41) is 6.46. The number of likely N-dealkylation sites (N-methyl/N-ethyl adjacent to an activating group) is 1. The van der Waals surface area contributed by atoms with E-state index in [2.05, 4.69) is 10.6 Å². The summed E-state index contributed by atoms with van der Waals surface area (Å²) >= 11 is 6.30. The summed E-state index contributed by atoms with van der Waals surface area (Å²) in [7, 11) is 3.35. The molecular weight excluding hydrogens is 300 g/mol. The van der Waals surface area contributed by atoms with Gasteiger partial charge in [0.25, 0.3) is 0 Å². The van der Waals surface area contributed by atoms with Crippen LogP contribution in [0.5, 0.6) is 5.75 Å². The van der Waals surface area contributed by atoms with Crippen LogP contribution < -0.4 is 15.4 Å². The van der Waals surface area contributed by atoms with Crippen LogP contribution in [0.4, 0.5) is 0 Å². The summed E-state index contributed by atoms with van der Waals surface area (Å²) < 4.78 is 5.27. The molecule has 0 bridgehead atoms. The molecule has 22 heavy (non-hydrogen) atoms. The number of carbonyl (C=O) groups excluding carboxylic acids is 1. The van der Waals surface area contributed by atoms with Crippen molar-refractivity contribution in [2.75, 3.05) is 20.7 Å². The molecule has 116 valence electrons. The van der Waals surface area contributed by atoms with Gasteiger partial charge in [0.05, 0.1) is 19.7 Å². The second-order valence-corrected chi connectivity index (χ2v) is 5.24. The fourth-order valence-electron chi connectivity index (χ4n) is 2.24. The normalized spacial score (nSPS) is 11.8. The molecule has 2 rings (SSSR count). The maximum absolute atomic E-state index is 12.0. The Balaban J connectivity index is 2.40. The van der Waals surface area contributed by atoms with E-state index in [1.54, 1.807) is 14.2 Å². The first-order chi connectivity index (χ1) is 10.7. The molecular formula is C17H19ClN2O2. The lowest BCUT2D eigenvalue weighted by atomic mass is 9.98. The second-order valence-electron chi connectivity index (χ2n) is 4.83. The van der Waals surface area contributed by atoms with Crippen LogP contribution in [0.1, 0.15) is 17.2 Å². The van der Waals surface area contributed by atoms with Gasteiger partial charge in [-0.2, -0.15) is 0 Å². The Kier molecular flexibility index (Phi) is 5.81. The molecule has 4 nitrogen and oxygen atoms in total. The zero-order chi connectivity index (χ0) is 15.9. The highest BCUT2D eigenvalue weighted by Gasteiger charge is 2.19. The van der Waals surface area contributed by atoms with Crippen molar-refractivity contribution in [3.05, 3.63) is 64.7 Å². The number of halogens is 1. The van der Waals surface area contributed by atoms with Crippen molar-refractivity contribution in [3.8, 4) is 5.75 Å². The highest BCUT2D eigenvalue weighted by atomic mass is 35.5. The van der Waals surface area contributed by atoms with Gasteiger partial charge < -0.3 is 15.4 Å². The molecule has 1 atom stereocenters. The zero-order valence-corrected chi connectivity index (χ0v) is 13.4. The van der Waals surface area contributed by atoms with Gasteiger partial charge in [-0.3, -0.25) is 4.79 Å². The minimum absolute atomic E-state index is 0.102. The van der Waals surface area contributed by atoms with E-state index in [0.717, 1.165) is 16.9 Å². The van der Waals surface area contributed by atoms with E-state index in [4.69, 9.17) is 16.3 Å². The van der Waals surface area contributed by atoms with Gasteiger partial charge in [0.2, 0.25) is 5.91 Å². The van der Waals surface area contributed by atoms with Crippen LogP contribution in [0.25, 0.3) is 0 Å². The molecule has 0 aromatic heterocycles. The molecule has 2 aromatic carbocycles. The van der Waals surface area contributed by atoms with Gasteiger partial charge in [-0.25, -0.2) is 0 Å². The first kappa shape index (κ1) is 16.3. The van der Waals surface area contributed by atoms with Crippen LogP contribution in [-0.2, 0) is 4.79 Å². The topological polar surface area (TPSA) is 50.4 Å². The number of amides is 1. The van der Waals surface area contributed by atoms with E-state index in [-0.39, 0.29) is 18.5 Å². The third-order valence-corrected chi connectivity index (χ3v) is 3.63. The van der Waals surface area contributed by atoms with Gasteiger partial charge in [0.15, 0.2) is 0 Å². The third kappa shape index (κ3) is 4.00. The Hall–Kier alpha value is -2.04. The highest BCUT2D eigenvalue weighted by molar-refractivity contribution is 6.31. The maximum Gasteiger partial charge on any atom is 0.234 e. The van der Waals surface area contributed by atoms with E-state index in [1.165, 1.54) is 0 Å². The van der Waals surface area contributed by atoms with E-state index < -0.39 is 0 Å². The molecule has 0 heterocycles. The minimum atomic E-state index is -0.329. The van der Waals surface area contributed by atoms with Gasteiger partial charge in [-0.05, 0) is 36.4 Å². The van der Waals surface area contributed by atoms with Crippen molar-refractivity contribution in [2.24, 2.45) is 0 Å². The third-order valence-electron chi connectivity index (χ3n) is 3.29. The number of methoxy groups -OCH3 is 1. The van der Waals surface area contributed by atoms with Crippen LogP contribution in [0.15, 0.2) is 48.5 Å². The molecule has 0 radical (unpaired) electrons. The van der Waals surface area contributed by atoms with Crippen LogP contribution >= 0.6 is 11.6 Å². The van der Waals surface area contributed by atoms with Crippen molar-refractivity contribution in [2.45, 2.75) is 6.04 Å². The summed E-state index contributed by atoms with van der Waals surface area (Å²) in [6, 6.07) is 14.8. The Morgan fingerprint density at radius 2 is 2.00 bits per heavy atom. The summed E-state index contributed by atoms with van der Waals surface area (Å²) in [5.74, 6) is 0.632. The number of nitrogens with one attached hydrogen (secondary N) is 2. The quantitative estimate of drug-likeness (QED) is 0.861. The molecule has 0 aliphatic carbocycles. The predicted molar refractivity (Wildman–Crippen MR) is 88.4 cm³/mol. The Labute approximate surface area is 135 Å². The van der Waals surface area contributed by atoms with E-state index in [0.29, 0.717) is 5.02 Å². The van der Waals surface area contributed by atoms with Crippen molar-refractivity contribution in [1.82, 2.24) is 10.6 Å². The van der Waals surface area contributed by atoms with E-state index >= 15 is 0 Å². The molecule has 5 heteroatoms. The first-order valence-electron chi connectivity index (χ1n) is 6.98. The molecule has 0 saturated carbocycles. The lowest BCUT2D eigenvalue weighted by Gasteiger charge is -2.21. The summed E-state index contributed by atoms with van der Waals surface area (Å²) in [5.41, 5.74) is 1.76. The molecule has 0 aliphatic heterocycles. The average molecular weight is 319 g/mol. The largest absolute Gasteiger partial charge is 0.497 e. The summed E-state index contributed by atoms with van der Waals surface area (Å²) in [4.78, 5) is 12.0. The fourth-order valence-corrected chi connectivity index (χ4v) is 2.49. The summed E-state index contributed by atoms with van der Waals surface area (Å²) in [6.45, 7) is 0.241. The molecule has 0 aliphatic rings. The highest BCUT2D eigenvalue weighted by Crippen LogP contribution is 2.29. The molecule has 0 fully saturated rings. The number of benzene rings is 2. The van der Waals surface area contributed by atoms with Crippen molar-refractivity contribution in [3.63, 3.8) is 0 Å². The standard InChI is InChI=1S/C17H19ClN2O2/c1-19-11-16(21)20-17(14-8-3-4-9-15(14)18)12-6-5-7-13(10-12)22-2/h3-10,17,19H,11H2,1-2H3,(H,20,21)/t17-/m1/s1. The van der Waals surface area contributed by atoms with Crippen molar-refractivity contribution in [1.29, 1.82) is 0 Å². The fraction of sp³-hybridized carbons (Fsp3) is 0.235. The number of ether oxygens (including phenoxy) is 1. The van der Waals surface area contributed by atoms with Crippen LogP contribution in [0.3, 0.4) is 0 Å². The van der Waals surface area contributed by atoms with Gasteiger partial charge in [0, 0.05) is 5.02 Å². The smallest absolute Gasteiger partial charge is 0.234 e. The van der Waals surface area contributed by atoms with Gasteiger partial charge in [-0.15, -0.1) is 0 Å². The molecule has 1 amide bonds. The van der Waals surface area contributed by atoms with E-state index in [9.17, 15) is 4.79 Å². The average Bonchev–Trinajstić information content (AvgIpc) is 2.54. The Morgan fingerprint density at radius 1 is 1.23 bits per heavy atom. The molecule has 0 spiro atoms. The molecule has 2 N–H and O–H groups in total. The van der Waals surface area contributed by atoms with Crippen molar-refractivity contribution >= 4 is 17.5 Å². The Morgan fingerprint density at radius 3 is 2.68 bits per heavy atom. The van der Waals surface area contributed by atoms with Crippen LogP contribution in [0.2, 0.25) is 5.02 Å². The summed E-state index contributed by atoms with van der Waals surface area (Å²) in [6.07, 6.45) is 0. The maximum atomic E-state index is 12.0. The number of rotatable bonds is 6. The number of hydrogen-bond donors (Lipinski definition) is 2. The van der Waals surface area contributed by atoms with Crippen LogP contribution in [-0.4, -0.2) is 26.6 Å². The predicted octanol–water partition coefficient (Wildman–Crippen LogP) is 2.77.